The molecule has 0 spiro atoms. The molecule has 0 heterocycles. The minimum absolute atomic E-state index is 0.602. The molecule has 1 rings (SSSR count). The van der Waals surface area contributed by atoms with E-state index in [1.807, 2.05) is 18.2 Å². The minimum atomic E-state index is 0.602. The maximum Gasteiger partial charge on any atom is 0.0718 e. The number of unbranched alkanes of at least 4 members (excludes halogenated alkanes) is 4. The first-order valence-electron chi connectivity index (χ1n) is 9.28. The van der Waals surface area contributed by atoms with Crippen LogP contribution in [0.2, 0.25) is 0 Å². The molecule has 0 aliphatic carbocycles. The molecule has 0 atom stereocenters. The Balaban J connectivity index is 1.70. The molecule has 0 saturated heterocycles. The average Bonchev–Trinajstić information content (AvgIpc) is 2.62. The van der Waals surface area contributed by atoms with Gasteiger partial charge in [-0.3, -0.25) is 0 Å². The summed E-state index contributed by atoms with van der Waals surface area (Å²) in [6.45, 7) is 7.45. The van der Waals surface area contributed by atoms with Crippen molar-refractivity contribution in [1.29, 1.82) is 0 Å². The molecule has 0 bridgehead atoms. The Kier molecular flexibility index (Phi) is 14.9. The first-order valence-corrected chi connectivity index (χ1v) is 9.28. The van der Waals surface area contributed by atoms with Crippen LogP contribution in [0.25, 0.3) is 0 Å². The highest BCUT2D eigenvalue weighted by Crippen LogP contribution is 2.02. The fourth-order valence-electron chi connectivity index (χ4n) is 2.23. The number of hydrogen-bond donors (Lipinski definition) is 0. The monoisotopic (exact) mass is 338 g/mol. The zero-order valence-electron chi connectivity index (χ0n) is 15.2. The van der Waals surface area contributed by atoms with Gasteiger partial charge in [0.05, 0.1) is 46.2 Å². The van der Waals surface area contributed by atoms with Crippen LogP contribution in [-0.4, -0.2) is 46.2 Å². The van der Waals surface area contributed by atoms with Gasteiger partial charge in [0, 0.05) is 6.61 Å². The molecule has 0 aromatic heterocycles. The van der Waals surface area contributed by atoms with Gasteiger partial charge in [0.25, 0.3) is 0 Å². The molecular formula is C20H34O4. The van der Waals surface area contributed by atoms with Gasteiger partial charge >= 0.3 is 0 Å². The molecule has 138 valence electrons. The van der Waals surface area contributed by atoms with E-state index in [1.54, 1.807) is 0 Å². The Morgan fingerprint density at radius 2 is 1.12 bits per heavy atom. The van der Waals surface area contributed by atoms with Gasteiger partial charge in [-0.05, 0) is 12.0 Å². The molecule has 0 saturated carbocycles. The van der Waals surface area contributed by atoms with Crippen molar-refractivity contribution in [3.8, 4) is 0 Å². The molecular weight excluding hydrogens is 304 g/mol. The minimum Gasteiger partial charge on any atom is -0.379 e. The summed E-state index contributed by atoms with van der Waals surface area (Å²) in [7, 11) is 0. The maximum absolute atomic E-state index is 5.54. The molecule has 1 aromatic rings. The van der Waals surface area contributed by atoms with Crippen LogP contribution in [0, 0.1) is 0 Å². The summed E-state index contributed by atoms with van der Waals surface area (Å²) in [4.78, 5) is 0. The van der Waals surface area contributed by atoms with E-state index in [9.17, 15) is 0 Å². The van der Waals surface area contributed by atoms with Crippen LogP contribution in [0.5, 0.6) is 0 Å². The molecule has 4 nitrogen and oxygen atoms in total. The van der Waals surface area contributed by atoms with E-state index < -0.39 is 0 Å². The molecule has 0 fully saturated rings. The summed E-state index contributed by atoms with van der Waals surface area (Å²) in [5, 5.41) is 0. The van der Waals surface area contributed by atoms with Crippen LogP contribution in [0.4, 0.5) is 0 Å². The maximum atomic E-state index is 5.54. The van der Waals surface area contributed by atoms with E-state index in [0.29, 0.717) is 46.2 Å². The fourth-order valence-corrected chi connectivity index (χ4v) is 2.23. The first-order chi connectivity index (χ1) is 11.9. The van der Waals surface area contributed by atoms with Gasteiger partial charge in [-0.1, -0.05) is 62.9 Å². The molecule has 1 aromatic carbocycles. The molecule has 0 N–H and O–H groups in total. The van der Waals surface area contributed by atoms with Gasteiger partial charge in [-0.15, -0.1) is 0 Å². The predicted octanol–water partition coefficient (Wildman–Crippen LogP) is 4.22. The van der Waals surface area contributed by atoms with Gasteiger partial charge in [0.1, 0.15) is 0 Å². The predicted molar refractivity (Wildman–Crippen MR) is 97.3 cm³/mol. The molecule has 0 aliphatic heterocycles. The van der Waals surface area contributed by atoms with Gasteiger partial charge in [0.15, 0.2) is 0 Å². The van der Waals surface area contributed by atoms with Crippen molar-refractivity contribution in [2.75, 3.05) is 46.2 Å². The van der Waals surface area contributed by atoms with Crippen molar-refractivity contribution in [3.05, 3.63) is 35.9 Å². The molecule has 0 radical (unpaired) electrons. The molecule has 0 unspecified atom stereocenters. The second kappa shape index (κ2) is 16.9. The summed E-state index contributed by atoms with van der Waals surface area (Å²) >= 11 is 0. The van der Waals surface area contributed by atoms with E-state index in [-0.39, 0.29) is 0 Å². The van der Waals surface area contributed by atoms with Crippen LogP contribution in [0.3, 0.4) is 0 Å². The Labute approximate surface area is 147 Å². The fraction of sp³-hybridized carbons (Fsp3) is 0.700. The van der Waals surface area contributed by atoms with Crippen molar-refractivity contribution in [2.24, 2.45) is 0 Å². The Morgan fingerprint density at radius 3 is 1.75 bits per heavy atom. The van der Waals surface area contributed by atoms with Crippen molar-refractivity contribution >= 4 is 0 Å². The number of rotatable bonds is 17. The lowest BCUT2D eigenvalue weighted by molar-refractivity contribution is -0.00440. The van der Waals surface area contributed by atoms with E-state index >= 15 is 0 Å². The Bertz CT molecular complexity index is 356. The van der Waals surface area contributed by atoms with Crippen molar-refractivity contribution < 1.29 is 18.9 Å². The van der Waals surface area contributed by atoms with Crippen LogP contribution in [0.15, 0.2) is 30.3 Å². The zero-order chi connectivity index (χ0) is 17.1. The van der Waals surface area contributed by atoms with Gasteiger partial charge < -0.3 is 18.9 Å². The topological polar surface area (TPSA) is 36.9 Å². The third kappa shape index (κ3) is 13.5. The van der Waals surface area contributed by atoms with E-state index in [0.717, 1.165) is 13.0 Å². The summed E-state index contributed by atoms with van der Waals surface area (Å²) in [5.74, 6) is 0. The van der Waals surface area contributed by atoms with Gasteiger partial charge in [-0.2, -0.15) is 0 Å². The highest BCUT2D eigenvalue weighted by Gasteiger charge is 1.94. The standard InChI is InChI=1S/C20H34O4/c1-2-3-4-5-9-12-21-13-14-22-15-16-23-17-18-24-19-20-10-7-6-8-11-20/h6-8,10-11H,2-5,9,12-19H2,1H3. The Morgan fingerprint density at radius 1 is 0.583 bits per heavy atom. The van der Waals surface area contributed by atoms with Crippen LogP contribution >= 0.6 is 0 Å². The normalized spacial score (nSPS) is 11.0. The zero-order valence-corrected chi connectivity index (χ0v) is 15.2. The molecule has 0 aliphatic rings. The van der Waals surface area contributed by atoms with Crippen molar-refractivity contribution in [1.82, 2.24) is 0 Å². The van der Waals surface area contributed by atoms with E-state index in [2.05, 4.69) is 19.1 Å². The van der Waals surface area contributed by atoms with Crippen molar-refractivity contribution in [3.63, 3.8) is 0 Å². The van der Waals surface area contributed by atoms with Crippen LogP contribution in [-0.2, 0) is 25.6 Å². The highest BCUT2D eigenvalue weighted by molar-refractivity contribution is 5.13. The van der Waals surface area contributed by atoms with Crippen molar-refractivity contribution in [2.45, 2.75) is 45.6 Å². The molecule has 0 amide bonds. The third-order valence-electron chi connectivity index (χ3n) is 3.62. The SMILES string of the molecule is CCCCCCCOCCOCCOCCOCc1ccccc1. The first kappa shape index (κ1) is 21.1. The lowest BCUT2D eigenvalue weighted by atomic mass is 10.2. The van der Waals surface area contributed by atoms with Crippen LogP contribution in [0.1, 0.15) is 44.6 Å². The summed E-state index contributed by atoms with van der Waals surface area (Å²) in [6.07, 6.45) is 6.38. The quantitative estimate of drug-likeness (QED) is 0.399. The second-order valence-corrected chi connectivity index (χ2v) is 5.79. The summed E-state index contributed by atoms with van der Waals surface area (Å²) in [5.41, 5.74) is 1.19. The number of benzene rings is 1. The van der Waals surface area contributed by atoms with E-state index in [4.69, 9.17) is 18.9 Å². The number of ether oxygens (including phenoxy) is 4. The number of hydrogen-bond acceptors (Lipinski definition) is 4. The molecule has 24 heavy (non-hydrogen) atoms. The smallest absolute Gasteiger partial charge is 0.0718 e. The average molecular weight is 338 g/mol. The largest absolute Gasteiger partial charge is 0.379 e. The third-order valence-corrected chi connectivity index (χ3v) is 3.62. The molecule has 4 heteroatoms. The van der Waals surface area contributed by atoms with E-state index in [1.165, 1.54) is 31.2 Å². The highest BCUT2D eigenvalue weighted by atomic mass is 16.6. The lowest BCUT2D eigenvalue weighted by Crippen LogP contribution is -2.12. The Hall–Kier alpha value is -0.940. The van der Waals surface area contributed by atoms with Gasteiger partial charge in [0.2, 0.25) is 0 Å². The van der Waals surface area contributed by atoms with Crippen LogP contribution < -0.4 is 0 Å². The van der Waals surface area contributed by atoms with Gasteiger partial charge in [-0.25, -0.2) is 0 Å². The summed E-state index contributed by atoms with van der Waals surface area (Å²) in [6, 6.07) is 10.2. The second-order valence-electron chi connectivity index (χ2n) is 5.79. The summed E-state index contributed by atoms with van der Waals surface area (Å²) < 4.78 is 22.0. The lowest BCUT2D eigenvalue weighted by Gasteiger charge is -2.07.